The van der Waals surface area contributed by atoms with E-state index in [9.17, 15) is 0 Å². The van der Waals surface area contributed by atoms with Gasteiger partial charge in [0.1, 0.15) is 5.51 Å². The standard InChI is InChI=1S/C11H13N3S2/c1-2-12-7-9-3-5-10(6-4-9)16-11-14-13-8-15-11/h3-6,8,12H,2,7H2,1H3. The van der Waals surface area contributed by atoms with Gasteiger partial charge in [-0.25, -0.2) is 0 Å². The predicted molar refractivity (Wildman–Crippen MR) is 67.9 cm³/mol. The molecule has 0 aliphatic heterocycles. The van der Waals surface area contributed by atoms with Gasteiger partial charge in [-0.2, -0.15) is 0 Å². The van der Waals surface area contributed by atoms with E-state index >= 15 is 0 Å². The summed E-state index contributed by atoms with van der Waals surface area (Å²) in [6.45, 7) is 4.04. The molecule has 3 nitrogen and oxygen atoms in total. The van der Waals surface area contributed by atoms with Crippen molar-refractivity contribution in [2.45, 2.75) is 22.7 Å². The van der Waals surface area contributed by atoms with Gasteiger partial charge < -0.3 is 5.32 Å². The third-order valence-electron chi connectivity index (χ3n) is 2.05. The van der Waals surface area contributed by atoms with Gasteiger partial charge in [0.2, 0.25) is 0 Å². The Morgan fingerprint density at radius 1 is 1.31 bits per heavy atom. The van der Waals surface area contributed by atoms with Crippen LogP contribution < -0.4 is 5.32 Å². The minimum Gasteiger partial charge on any atom is -0.313 e. The van der Waals surface area contributed by atoms with E-state index in [1.807, 2.05) is 0 Å². The van der Waals surface area contributed by atoms with Crippen LogP contribution in [0.15, 0.2) is 39.0 Å². The molecule has 0 atom stereocenters. The number of nitrogens with one attached hydrogen (secondary N) is 1. The van der Waals surface area contributed by atoms with Crippen LogP contribution in [0.3, 0.4) is 0 Å². The molecule has 1 aromatic heterocycles. The molecule has 0 fully saturated rings. The van der Waals surface area contributed by atoms with Crippen molar-refractivity contribution in [3.8, 4) is 0 Å². The zero-order valence-electron chi connectivity index (χ0n) is 9.01. The Hall–Kier alpha value is -0.910. The maximum absolute atomic E-state index is 4.00. The molecule has 2 rings (SSSR count). The lowest BCUT2D eigenvalue weighted by atomic mass is 10.2. The molecule has 0 spiro atoms. The van der Waals surface area contributed by atoms with Crippen molar-refractivity contribution >= 4 is 23.1 Å². The average molecular weight is 251 g/mol. The predicted octanol–water partition coefficient (Wildman–Crippen LogP) is 2.80. The Labute approximate surface area is 103 Å². The second kappa shape index (κ2) is 5.98. The first-order valence-electron chi connectivity index (χ1n) is 5.12. The molecule has 1 N–H and O–H groups in total. The summed E-state index contributed by atoms with van der Waals surface area (Å²) < 4.78 is 0.986. The van der Waals surface area contributed by atoms with Gasteiger partial charge in [-0.15, -0.1) is 10.2 Å². The van der Waals surface area contributed by atoms with Crippen molar-refractivity contribution in [3.63, 3.8) is 0 Å². The Balaban J connectivity index is 1.96. The van der Waals surface area contributed by atoms with Crippen molar-refractivity contribution < 1.29 is 0 Å². The highest BCUT2D eigenvalue weighted by atomic mass is 32.2. The number of hydrogen-bond acceptors (Lipinski definition) is 5. The molecule has 84 valence electrons. The zero-order chi connectivity index (χ0) is 11.2. The van der Waals surface area contributed by atoms with Crippen molar-refractivity contribution in [3.05, 3.63) is 35.3 Å². The number of aromatic nitrogens is 2. The topological polar surface area (TPSA) is 37.8 Å². The SMILES string of the molecule is CCNCc1ccc(Sc2nncs2)cc1. The molecular formula is C11H13N3S2. The zero-order valence-corrected chi connectivity index (χ0v) is 10.6. The van der Waals surface area contributed by atoms with Crippen molar-refractivity contribution in [2.24, 2.45) is 0 Å². The molecule has 5 heteroatoms. The molecule has 2 aromatic rings. The lowest BCUT2D eigenvalue weighted by molar-refractivity contribution is 0.726. The fourth-order valence-corrected chi connectivity index (χ4v) is 2.70. The fraction of sp³-hybridized carbons (Fsp3) is 0.273. The smallest absolute Gasteiger partial charge is 0.178 e. The number of nitrogens with zero attached hydrogens (tertiary/aromatic N) is 2. The van der Waals surface area contributed by atoms with Gasteiger partial charge in [-0.1, -0.05) is 42.2 Å². The van der Waals surface area contributed by atoms with Crippen LogP contribution in [0.2, 0.25) is 0 Å². The molecule has 0 radical (unpaired) electrons. The van der Waals surface area contributed by atoms with E-state index in [4.69, 9.17) is 0 Å². The number of benzene rings is 1. The second-order valence-corrected chi connectivity index (χ2v) is 5.38. The molecule has 0 amide bonds. The molecule has 0 aliphatic carbocycles. The van der Waals surface area contributed by atoms with Crippen LogP contribution in [0.25, 0.3) is 0 Å². The number of rotatable bonds is 5. The lowest BCUT2D eigenvalue weighted by Crippen LogP contribution is -2.11. The molecular weight excluding hydrogens is 238 g/mol. The van der Waals surface area contributed by atoms with E-state index in [1.165, 1.54) is 10.5 Å². The van der Waals surface area contributed by atoms with E-state index in [2.05, 4.69) is 46.7 Å². The van der Waals surface area contributed by atoms with Gasteiger partial charge in [0.25, 0.3) is 0 Å². The molecule has 0 unspecified atom stereocenters. The van der Waals surface area contributed by atoms with Gasteiger partial charge in [-0.05, 0) is 24.2 Å². The summed E-state index contributed by atoms with van der Waals surface area (Å²) >= 11 is 3.22. The van der Waals surface area contributed by atoms with Crippen molar-refractivity contribution in [1.82, 2.24) is 15.5 Å². The summed E-state index contributed by atoms with van der Waals surface area (Å²) in [5, 5.41) is 11.1. The molecule has 1 heterocycles. The van der Waals surface area contributed by atoms with Crippen LogP contribution in [0.1, 0.15) is 12.5 Å². The van der Waals surface area contributed by atoms with E-state index in [-0.39, 0.29) is 0 Å². The average Bonchev–Trinajstić information content (AvgIpc) is 2.81. The maximum atomic E-state index is 4.00. The van der Waals surface area contributed by atoms with Crippen molar-refractivity contribution in [2.75, 3.05) is 6.54 Å². The molecule has 16 heavy (non-hydrogen) atoms. The van der Waals surface area contributed by atoms with E-state index in [0.29, 0.717) is 0 Å². The van der Waals surface area contributed by atoms with Gasteiger partial charge in [0, 0.05) is 11.4 Å². The largest absolute Gasteiger partial charge is 0.313 e. The van der Waals surface area contributed by atoms with Crippen LogP contribution >= 0.6 is 23.1 Å². The Bertz CT molecular complexity index is 411. The highest BCUT2D eigenvalue weighted by Gasteiger charge is 2.00. The summed E-state index contributed by atoms with van der Waals surface area (Å²) in [7, 11) is 0. The summed E-state index contributed by atoms with van der Waals surface area (Å²) in [5.74, 6) is 0. The van der Waals surface area contributed by atoms with Crippen molar-refractivity contribution in [1.29, 1.82) is 0 Å². The Kier molecular flexibility index (Phi) is 4.33. The minimum atomic E-state index is 0.931. The normalized spacial score (nSPS) is 10.6. The third-order valence-corrected chi connectivity index (χ3v) is 3.83. The van der Waals surface area contributed by atoms with E-state index < -0.39 is 0 Å². The van der Waals surface area contributed by atoms with Gasteiger partial charge >= 0.3 is 0 Å². The summed E-state index contributed by atoms with van der Waals surface area (Å²) in [6.07, 6.45) is 0. The van der Waals surface area contributed by atoms with Crippen LogP contribution in [0.5, 0.6) is 0 Å². The van der Waals surface area contributed by atoms with Crippen LogP contribution in [-0.4, -0.2) is 16.7 Å². The first-order valence-corrected chi connectivity index (χ1v) is 6.82. The van der Waals surface area contributed by atoms with E-state index in [0.717, 1.165) is 17.4 Å². The second-order valence-electron chi connectivity index (χ2n) is 3.23. The molecule has 0 aliphatic rings. The third kappa shape index (κ3) is 3.30. The number of hydrogen-bond donors (Lipinski definition) is 1. The first kappa shape index (κ1) is 11.6. The molecule has 1 aromatic carbocycles. The Morgan fingerprint density at radius 2 is 2.12 bits per heavy atom. The van der Waals surface area contributed by atoms with Gasteiger partial charge in [0.05, 0.1) is 0 Å². The maximum Gasteiger partial charge on any atom is 0.178 e. The molecule has 0 saturated carbocycles. The van der Waals surface area contributed by atoms with E-state index in [1.54, 1.807) is 28.6 Å². The highest BCUT2D eigenvalue weighted by Crippen LogP contribution is 2.28. The molecule has 0 bridgehead atoms. The van der Waals surface area contributed by atoms with Crippen LogP contribution in [-0.2, 0) is 6.54 Å². The Morgan fingerprint density at radius 3 is 2.75 bits per heavy atom. The summed E-state index contributed by atoms with van der Waals surface area (Å²) in [4.78, 5) is 1.21. The van der Waals surface area contributed by atoms with Crippen LogP contribution in [0.4, 0.5) is 0 Å². The minimum absolute atomic E-state index is 0.931. The van der Waals surface area contributed by atoms with Gasteiger partial charge in [0.15, 0.2) is 4.34 Å². The first-order chi connectivity index (χ1) is 7.88. The highest BCUT2D eigenvalue weighted by molar-refractivity contribution is 8.01. The summed E-state index contributed by atoms with van der Waals surface area (Å²) in [5.41, 5.74) is 3.06. The van der Waals surface area contributed by atoms with Crippen LogP contribution in [0, 0.1) is 0 Å². The monoisotopic (exact) mass is 251 g/mol. The summed E-state index contributed by atoms with van der Waals surface area (Å²) in [6, 6.07) is 8.54. The molecule has 0 saturated heterocycles. The lowest BCUT2D eigenvalue weighted by Gasteiger charge is -2.02. The quantitative estimate of drug-likeness (QED) is 0.886. The van der Waals surface area contributed by atoms with Gasteiger partial charge in [-0.3, -0.25) is 0 Å². The fourth-order valence-electron chi connectivity index (χ4n) is 1.25.